The summed E-state index contributed by atoms with van der Waals surface area (Å²) < 4.78 is 0. The molecule has 0 aliphatic carbocycles. The van der Waals surface area contributed by atoms with Gasteiger partial charge in [-0.25, -0.2) is 0 Å². The maximum atomic E-state index is 12.7. The smallest absolute Gasteiger partial charge is 0.426 e. The van der Waals surface area contributed by atoms with E-state index in [1.165, 1.54) is 0 Å². The fraction of sp³-hybridized carbons (Fsp3) is 0.300. The largest absolute Gasteiger partial charge is 0.475 e. The summed E-state index contributed by atoms with van der Waals surface area (Å²) in [6.45, 7) is 5.04. The van der Waals surface area contributed by atoms with Gasteiger partial charge in [-0.05, 0) is 57.0 Å². The van der Waals surface area contributed by atoms with Crippen molar-refractivity contribution in [1.29, 1.82) is 0 Å². The number of nitrogens with one attached hydrogen (secondary N) is 2. The van der Waals surface area contributed by atoms with Crippen molar-refractivity contribution in [3.63, 3.8) is 0 Å². The van der Waals surface area contributed by atoms with E-state index in [9.17, 15) is 19.6 Å². The van der Waals surface area contributed by atoms with Gasteiger partial charge in [-0.2, -0.15) is 0 Å². The lowest BCUT2D eigenvalue weighted by Gasteiger charge is -2.28. The molecule has 6 nitrogen and oxygen atoms in total. The molecule has 4 N–H and O–H groups in total. The van der Waals surface area contributed by atoms with Crippen molar-refractivity contribution in [2.45, 2.75) is 38.7 Å². The molecule has 0 heterocycles. The van der Waals surface area contributed by atoms with Gasteiger partial charge in [0, 0.05) is 10.6 Å². The van der Waals surface area contributed by atoms with E-state index in [1.807, 2.05) is 31.2 Å². The molecule has 0 aliphatic heterocycles. The summed E-state index contributed by atoms with van der Waals surface area (Å²) >= 11 is 5.82. The van der Waals surface area contributed by atoms with Crippen molar-refractivity contribution in [1.82, 2.24) is 10.6 Å². The highest BCUT2D eigenvalue weighted by atomic mass is 35.5. The van der Waals surface area contributed by atoms with Crippen LogP contribution in [0, 0.1) is 6.92 Å². The van der Waals surface area contributed by atoms with Crippen LogP contribution in [0.5, 0.6) is 0 Å². The summed E-state index contributed by atoms with van der Waals surface area (Å²) in [4.78, 5) is 25.1. The molecule has 2 amide bonds. The molecule has 0 aromatic heterocycles. The number of carbonyl (C=O) groups excluding carboxylic acids is 2. The Morgan fingerprint density at radius 2 is 1.64 bits per heavy atom. The van der Waals surface area contributed by atoms with Gasteiger partial charge in [0.2, 0.25) is 5.91 Å². The Morgan fingerprint density at radius 1 is 1.07 bits per heavy atom. The van der Waals surface area contributed by atoms with E-state index in [4.69, 9.17) is 11.6 Å². The van der Waals surface area contributed by atoms with Gasteiger partial charge in [0.25, 0.3) is 5.91 Å². The Morgan fingerprint density at radius 3 is 2.18 bits per heavy atom. The topological polar surface area (TPSA) is 98.7 Å². The van der Waals surface area contributed by atoms with Crippen molar-refractivity contribution in [3.05, 3.63) is 70.2 Å². The Balaban J connectivity index is 2.04. The maximum Gasteiger partial charge on any atom is 0.475 e. The minimum atomic E-state index is -1.74. The van der Waals surface area contributed by atoms with Gasteiger partial charge in [-0.15, -0.1) is 0 Å². The normalized spacial score (nSPS) is 12.2. The van der Waals surface area contributed by atoms with Gasteiger partial charge in [0.05, 0.1) is 5.94 Å². The van der Waals surface area contributed by atoms with Gasteiger partial charge in [-0.3, -0.25) is 9.59 Å². The first-order valence-corrected chi connectivity index (χ1v) is 9.27. The zero-order valence-corrected chi connectivity index (χ0v) is 16.8. The first-order valence-electron chi connectivity index (χ1n) is 8.89. The van der Waals surface area contributed by atoms with E-state index < -0.39 is 30.4 Å². The molecule has 2 aromatic carbocycles. The molecular weight excluding hydrogens is 378 g/mol. The van der Waals surface area contributed by atoms with Crippen molar-refractivity contribution in [3.8, 4) is 0 Å². The molecule has 8 heteroatoms. The lowest BCUT2D eigenvalue weighted by atomic mass is 9.75. The molecule has 0 spiro atoms. The van der Waals surface area contributed by atoms with Crippen LogP contribution < -0.4 is 10.6 Å². The Labute approximate surface area is 170 Å². The van der Waals surface area contributed by atoms with Gasteiger partial charge in [-0.1, -0.05) is 41.4 Å². The van der Waals surface area contributed by atoms with Crippen LogP contribution in [0.15, 0.2) is 48.5 Å². The van der Waals surface area contributed by atoms with Gasteiger partial charge in [0.1, 0.15) is 5.54 Å². The van der Waals surface area contributed by atoms with Crippen LogP contribution in [-0.4, -0.2) is 40.5 Å². The molecule has 0 unspecified atom stereocenters. The van der Waals surface area contributed by atoms with E-state index in [1.54, 1.807) is 38.1 Å². The van der Waals surface area contributed by atoms with Crippen molar-refractivity contribution in [2.75, 3.05) is 0 Å². The second-order valence-electron chi connectivity index (χ2n) is 7.27. The van der Waals surface area contributed by atoms with Crippen LogP contribution in [0.3, 0.4) is 0 Å². The minimum absolute atomic E-state index is 0.241. The van der Waals surface area contributed by atoms with Crippen LogP contribution in [0.25, 0.3) is 0 Å². The molecule has 0 fully saturated rings. The summed E-state index contributed by atoms with van der Waals surface area (Å²) in [6.07, 6.45) is 0.241. The predicted octanol–water partition coefficient (Wildman–Crippen LogP) is 1.90. The van der Waals surface area contributed by atoms with Crippen molar-refractivity contribution < 1.29 is 19.6 Å². The fourth-order valence-corrected chi connectivity index (χ4v) is 2.70. The number of halogens is 1. The molecule has 0 saturated heterocycles. The Kier molecular flexibility index (Phi) is 7.24. The highest BCUT2D eigenvalue weighted by molar-refractivity contribution is 6.43. The van der Waals surface area contributed by atoms with Crippen molar-refractivity contribution in [2.24, 2.45) is 0 Å². The highest BCUT2D eigenvalue weighted by Crippen LogP contribution is 2.12. The summed E-state index contributed by atoms with van der Waals surface area (Å²) in [5, 5.41) is 25.1. The average molecular weight is 403 g/mol. The molecule has 0 saturated carbocycles. The first-order chi connectivity index (χ1) is 13.1. The van der Waals surface area contributed by atoms with Gasteiger partial charge >= 0.3 is 7.12 Å². The molecule has 148 valence electrons. The molecule has 0 radical (unpaired) electrons. The monoisotopic (exact) mass is 402 g/mol. The maximum absolute atomic E-state index is 12.7. The summed E-state index contributed by atoms with van der Waals surface area (Å²) in [5.74, 6) is -1.88. The summed E-state index contributed by atoms with van der Waals surface area (Å²) in [6, 6.07) is 13.8. The molecule has 28 heavy (non-hydrogen) atoms. The lowest BCUT2D eigenvalue weighted by Crippen LogP contribution is -2.59. The molecule has 0 bridgehead atoms. The molecule has 2 rings (SSSR count). The summed E-state index contributed by atoms with van der Waals surface area (Å²) in [5.41, 5.74) is 1.03. The lowest BCUT2D eigenvalue weighted by molar-refractivity contribution is -0.126. The second kappa shape index (κ2) is 9.23. The number of benzene rings is 2. The van der Waals surface area contributed by atoms with Crippen LogP contribution in [0.1, 0.15) is 35.3 Å². The third kappa shape index (κ3) is 6.09. The molecule has 2 aromatic rings. The third-order valence-electron chi connectivity index (χ3n) is 4.35. The molecule has 1 atom stereocenters. The zero-order chi connectivity index (χ0) is 20.9. The first kappa shape index (κ1) is 21.9. The van der Waals surface area contributed by atoms with Crippen molar-refractivity contribution >= 4 is 30.5 Å². The van der Waals surface area contributed by atoms with E-state index in [0.717, 1.165) is 11.1 Å². The van der Waals surface area contributed by atoms with Gasteiger partial charge in [0.15, 0.2) is 0 Å². The Hall–Kier alpha value is -2.35. The number of aryl methyl sites for hydroxylation is 1. The average Bonchev–Trinajstić information content (AvgIpc) is 2.62. The quantitative estimate of drug-likeness (QED) is 0.532. The molecular formula is C20H24BClN2O4. The zero-order valence-electron chi connectivity index (χ0n) is 16.1. The third-order valence-corrected chi connectivity index (χ3v) is 4.60. The number of rotatable bonds is 7. The van der Waals surface area contributed by atoms with E-state index in [-0.39, 0.29) is 6.42 Å². The van der Waals surface area contributed by atoms with E-state index in [2.05, 4.69) is 10.6 Å². The Bertz CT molecular complexity index is 823. The number of amides is 2. The number of hydrogen-bond donors (Lipinski definition) is 4. The van der Waals surface area contributed by atoms with E-state index in [0.29, 0.717) is 10.6 Å². The van der Waals surface area contributed by atoms with E-state index >= 15 is 0 Å². The van der Waals surface area contributed by atoms with Crippen LogP contribution in [0.4, 0.5) is 0 Å². The van der Waals surface area contributed by atoms with Crippen LogP contribution in [0.2, 0.25) is 5.02 Å². The second-order valence-corrected chi connectivity index (χ2v) is 7.71. The minimum Gasteiger partial charge on any atom is -0.426 e. The standard InChI is InChI=1S/C20H24BClN2O4/c1-13-4-6-14(7-5-13)12-17(21(27)28)23-19(26)20(2,3)24-18(25)15-8-10-16(22)11-9-15/h4-11,17,27-28H,12H2,1-3H3,(H,23,26)(H,24,25)/t17-/m0/s1. The number of hydrogen-bond acceptors (Lipinski definition) is 4. The number of carbonyl (C=O) groups is 2. The summed E-state index contributed by atoms with van der Waals surface area (Å²) in [7, 11) is -1.74. The highest BCUT2D eigenvalue weighted by Gasteiger charge is 2.34. The fourth-order valence-electron chi connectivity index (χ4n) is 2.57. The predicted molar refractivity (Wildman–Crippen MR) is 110 cm³/mol. The SMILES string of the molecule is Cc1ccc(C[C@H](NC(=O)C(C)(C)NC(=O)c2ccc(Cl)cc2)B(O)O)cc1. The van der Waals surface area contributed by atoms with Gasteiger partial charge < -0.3 is 20.7 Å². The molecule has 0 aliphatic rings. The van der Waals surface area contributed by atoms with Crippen LogP contribution in [-0.2, 0) is 11.2 Å². The van der Waals surface area contributed by atoms with Crippen LogP contribution >= 0.6 is 11.6 Å².